The van der Waals surface area contributed by atoms with Gasteiger partial charge in [-0.2, -0.15) is 0 Å². The first kappa shape index (κ1) is 12.1. The van der Waals surface area contributed by atoms with Crippen LogP contribution in [-0.2, 0) is 0 Å². The lowest BCUT2D eigenvalue weighted by Crippen LogP contribution is -1.92. The topological polar surface area (TPSA) is 20.2 Å². The first-order valence-corrected chi connectivity index (χ1v) is 5.65. The molecule has 0 aliphatic rings. The molecule has 1 unspecified atom stereocenters. The average Bonchev–Trinajstić information content (AvgIpc) is 2.30. The van der Waals surface area contributed by atoms with Gasteiger partial charge in [-0.05, 0) is 18.4 Å². The summed E-state index contributed by atoms with van der Waals surface area (Å²) in [6.07, 6.45) is 2.12. The fourth-order valence-corrected chi connectivity index (χ4v) is 1.38. The lowest BCUT2D eigenvalue weighted by molar-refractivity contribution is 0.238. The second-order valence-electron chi connectivity index (χ2n) is 3.28. The molecule has 1 atom stereocenters. The van der Waals surface area contributed by atoms with Crippen molar-refractivity contribution < 1.29 is 5.11 Å². The van der Waals surface area contributed by atoms with E-state index in [1.165, 1.54) is 0 Å². The Kier molecular flexibility index (Phi) is 5.92. The lowest BCUT2D eigenvalue weighted by atomic mass is 10.1. The summed E-state index contributed by atoms with van der Waals surface area (Å²) in [4.78, 5) is 0. The van der Waals surface area contributed by atoms with Crippen molar-refractivity contribution in [1.82, 2.24) is 0 Å². The molecule has 0 aromatic heterocycles. The Balaban J connectivity index is 2.38. The molecule has 0 spiro atoms. The molecular formula is C13H15ClO. The Labute approximate surface area is 96.1 Å². The van der Waals surface area contributed by atoms with Gasteiger partial charge in [0.25, 0.3) is 0 Å². The molecular weight excluding hydrogens is 208 g/mol. The van der Waals surface area contributed by atoms with Crippen molar-refractivity contribution in [3.05, 3.63) is 35.9 Å². The van der Waals surface area contributed by atoms with E-state index in [4.69, 9.17) is 11.6 Å². The third-order valence-corrected chi connectivity index (χ3v) is 2.31. The molecule has 0 amide bonds. The summed E-state index contributed by atoms with van der Waals surface area (Å²) in [7, 11) is 0. The van der Waals surface area contributed by atoms with Gasteiger partial charge in [0, 0.05) is 12.3 Å². The first-order valence-electron chi connectivity index (χ1n) is 5.12. The van der Waals surface area contributed by atoms with E-state index in [1.807, 2.05) is 30.3 Å². The second-order valence-corrected chi connectivity index (χ2v) is 3.66. The van der Waals surface area contributed by atoms with Crippen LogP contribution >= 0.6 is 11.6 Å². The molecule has 15 heavy (non-hydrogen) atoms. The number of halogens is 1. The van der Waals surface area contributed by atoms with E-state index in [-0.39, 0.29) is 0 Å². The molecule has 0 bridgehead atoms. The molecule has 0 fully saturated rings. The Hall–Kier alpha value is -0.970. The van der Waals surface area contributed by atoms with Crippen molar-refractivity contribution in [3.8, 4) is 11.8 Å². The lowest BCUT2D eigenvalue weighted by Gasteiger charge is -2.01. The van der Waals surface area contributed by atoms with Crippen LogP contribution in [0, 0.1) is 11.8 Å². The maximum atomic E-state index is 9.68. The van der Waals surface area contributed by atoms with Crippen molar-refractivity contribution in [1.29, 1.82) is 0 Å². The fraction of sp³-hybridized carbons (Fsp3) is 0.385. The van der Waals surface area contributed by atoms with Gasteiger partial charge in [0.2, 0.25) is 0 Å². The van der Waals surface area contributed by atoms with E-state index >= 15 is 0 Å². The van der Waals surface area contributed by atoms with Crippen LogP contribution in [0.2, 0.25) is 0 Å². The zero-order chi connectivity index (χ0) is 10.9. The van der Waals surface area contributed by atoms with Gasteiger partial charge in [-0.1, -0.05) is 36.3 Å². The number of benzene rings is 1. The van der Waals surface area contributed by atoms with E-state index in [1.54, 1.807) is 0 Å². The van der Waals surface area contributed by atoms with E-state index in [2.05, 4.69) is 11.8 Å². The molecule has 1 aromatic rings. The largest absolute Gasteiger partial charge is 0.376 e. The average molecular weight is 223 g/mol. The molecule has 1 aromatic carbocycles. The minimum absolute atomic E-state index is 0.665. The monoisotopic (exact) mass is 222 g/mol. The van der Waals surface area contributed by atoms with Gasteiger partial charge in [0.1, 0.15) is 6.10 Å². The fourth-order valence-electron chi connectivity index (χ4n) is 1.20. The predicted octanol–water partition coefficient (Wildman–Crippen LogP) is 3.13. The van der Waals surface area contributed by atoms with Crippen LogP contribution in [0.1, 0.15) is 30.9 Å². The minimum Gasteiger partial charge on any atom is -0.376 e. The van der Waals surface area contributed by atoms with Crippen LogP contribution in [0.5, 0.6) is 0 Å². The number of aliphatic hydroxyl groups excluding tert-OH is 1. The summed E-state index contributed by atoms with van der Waals surface area (Å²) in [5, 5.41) is 9.68. The van der Waals surface area contributed by atoms with E-state index in [9.17, 15) is 5.11 Å². The maximum Gasteiger partial charge on any atom is 0.140 e. The zero-order valence-electron chi connectivity index (χ0n) is 8.62. The van der Waals surface area contributed by atoms with Crippen LogP contribution in [0.15, 0.2) is 30.3 Å². The Morgan fingerprint density at radius 1 is 1.20 bits per heavy atom. The van der Waals surface area contributed by atoms with Crippen LogP contribution < -0.4 is 0 Å². The number of aliphatic hydroxyl groups is 1. The molecule has 0 saturated carbocycles. The predicted molar refractivity (Wildman–Crippen MR) is 63.7 cm³/mol. The van der Waals surface area contributed by atoms with Gasteiger partial charge >= 0.3 is 0 Å². The first-order chi connectivity index (χ1) is 7.34. The molecule has 0 radical (unpaired) electrons. The summed E-state index contributed by atoms with van der Waals surface area (Å²) in [5.41, 5.74) is 0.849. The van der Waals surface area contributed by atoms with E-state index in [0.717, 1.165) is 24.8 Å². The van der Waals surface area contributed by atoms with Crippen LogP contribution in [0.25, 0.3) is 0 Å². The van der Waals surface area contributed by atoms with Gasteiger partial charge in [-0.3, -0.25) is 0 Å². The number of alkyl halides is 1. The third-order valence-electron chi connectivity index (χ3n) is 2.04. The van der Waals surface area contributed by atoms with Crippen molar-refractivity contribution in [2.75, 3.05) is 5.88 Å². The maximum absolute atomic E-state index is 9.68. The standard InChI is InChI=1S/C13H15ClO/c14-11-7-2-1-6-10-13(15)12-8-4-3-5-9-12/h3-5,8-9,13,15H,1-2,7,11H2. The third kappa shape index (κ3) is 4.88. The Morgan fingerprint density at radius 2 is 1.93 bits per heavy atom. The second kappa shape index (κ2) is 7.34. The normalized spacial score (nSPS) is 11.6. The quantitative estimate of drug-likeness (QED) is 0.472. The number of hydrogen-bond acceptors (Lipinski definition) is 1. The van der Waals surface area contributed by atoms with E-state index in [0.29, 0.717) is 5.88 Å². The number of hydrogen-bond donors (Lipinski definition) is 1. The van der Waals surface area contributed by atoms with Gasteiger partial charge in [-0.15, -0.1) is 17.5 Å². The summed E-state index contributed by atoms with van der Waals surface area (Å²) in [6, 6.07) is 9.46. The molecule has 2 heteroatoms. The molecule has 0 aliphatic carbocycles. The highest BCUT2D eigenvalue weighted by Gasteiger charge is 2.00. The van der Waals surface area contributed by atoms with E-state index < -0.39 is 6.10 Å². The van der Waals surface area contributed by atoms with Gasteiger partial charge in [0.05, 0.1) is 0 Å². The van der Waals surface area contributed by atoms with Gasteiger partial charge in [-0.25, -0.2) is 0 Å². The summed E-state index contributed by atoms with van der Waals surface area (Å²) >= 11 is 5.54. The van der Waals surface area contributed by atoms with Gasteiger partial charge < -0.3 is 5.11 Å². The number of unbranched alkanes of at least 4 members (excludes halogenated alkanes) is 2. The Morgan fingerprint density at radius 3 is 2.60 bits per heavy atom. The van der Waals surface area contributed by atoms with Crippen molar-refractivity contribution >= 4 is 11.6 Å². The van der Waals surface area contributed by atoms with Gasteiger partial charge in [0.15, 0.2) is 0 Å². The minimum atomic E-state index is -0.665. The molecule has 0 saturated heterocycles. The van der Waals surface area contributed by atoms with Crippen molar-refractivity contribution in [2.45, 2.75) is 25.4 Å². The SMILES string of the molecule is OC(C#CCCCCCl)c1ccccc1. The molecule has 1 rings (SSSR count). The van der Waals surface area contributed by atoms with Crippen molar-refractivity contribution in [2.24, 2.45) is 0 Å². The molecule has 1 nitrogen and oxygen atoms in total. The molecule has 1 N–H and O–H groups in total. The van der Waals surface area contributed by atoms with Crippen LogP contribution in [0.4, 0.5) is 0 Å². The highest BCUT2D eigenvalue weighted by atomic mass is 35.5. The van der Waals surface area contributed by atoms with Crippen LogP contribution in [-0.4, -0.2) is 11.0 Å². The van der Waals surface area contributed by atoms with Crippen molar-refractivity contribution in [3.63, 3.8) is 0 Å². The number of rotatable bonds is 4. The summed E-state index contributed by atoms with van der Waals surface area (Å²) < 4.78 is 0. The molecule has 0 aliphatic heterocycles. The smallest absolute Gasteiger partial charge is 0.140 e. The molecule has 80 valence electrons. The highest BCUT2D eigenvalue weighted by Crippen LogP contribution is 2.10. The molecule has 0 heterocycles. The summed E-state index contributed by atoms with van der Waals surface area (Å²) in [6.45, 7) is 0. The zero-order valence-corrected chi connectivity index (χ0v) is 9.37. The highest BCUT2D eigenvalue weighted by molar-refractivity contribution is 6.17. The van der Waals surface area contributed by atoms with Crippen LogP contribution in [0.3, 0.4) is 0 Å². The summed E-state index contributed by atoms with van der Waals surface area (Å²) in [5.74, 6) is 6.46. The Bertz CT molecular complexity index is 323.